The Morgan fingerprint density at radius 2 is 2.12 bits per heavy atom. The van der Waals surface area contributed by atoms with E-state index in [0.29, 0.717) is 6.61 Å². The van der Waals surface area contributed by atoms with E-state index in [1.165, 1.54) is 0 Å². The molecule has 126 valence electrons. The van der Waals surface area contributed by atoms with Gasteiger partial charge in [-0.15, -0.1) is 0 Å². The maximum atomic E-state index is 12.1. The fourth-order valence-corrected chi connectivity index (χ4v) is 2.78. The van der Waals surface area contributed by atoms with Crippen LogP contribution in [0.3, 0.4) is 0 Å². The van der Waals surface area contributed by atoms with E-state index >= 15 is 0 Å². The van der Waals surface area contributed by atoms with Crippen molar-refractivity contribution in [1.29, 1.82) is 0 Å². The Balaban J connectivity index is 1.49. The van der Waals surface area contributed by atoms with E-state index in [0.717, 1.165) is 36.8 Å². The first-order valence-electron chi connectivity index (χ1n) is 8.21. The van der Waals surface area contributed by atoms with Gasteiger partial charge in [0.05, 0.1) is 6.61 Å². The van der Waals surface area contributed by atoms with E-state index in [4.69, 9.17) is 4.74 Å². The Morgan fingerprint density at radius 3 is 2.83 bits per heavy atom. The third-order valence-electron chi connectivity index (χ3n) is 3.92. The van der Waals surface area contributed by atoms with Crippen LogP contribution in [-0.4, -0.2) is 36.8 Å². The molecule has 1 atom stereocenters. The number of pyridine rings is 1. The van der Waals surface area contributed by atoms with E-state index in [9.17, 15) is 4.79 Å². The van der Waals surface area contributed by atoms with Gasteiger partial charge in [-0.3, -0.25) is 0 Å². The molecule has 1 aliphatic rings. The number of aromatic nitrogens is 1. The molecule has 2 aromatic rings. The van der Waals surface area contributed by atoms with E-state index < -0.39 is 0 Å². The second-order valence-corrected chi connectivity index (χ2v) is 5.68. The van der Waals surface area contributed by atoms with Gasteiger partial charge in [0.15, 0.2) is 0 Å². The smallest absolute Gasteiger partial charge is 0.319 e. The summed E-state index contributed by atoms with van der Waals surface area (Å²) in [5.41, 5.74) is 0.746. The molecule has 2 heterocycles. The first-order chi connectivity index (χ1) is 11.7. The van der Waals surface area contributed by atoms with Crippen molar-refractivity contribution >= 4 is 17.5 Å². The Morgan fingerprint density at radius 1 is 1.29 bits per heavy atom. The number of hydrogen-bond donors (Lipinski definition) is 2. The number of rotatable bonds is 5. The van der Waals surface area contributed by atoms with E-state index in [2.05, 4.69) is 20.5 Å². The summed E-state index contributed by atoms with van der Waals surface area (Å²) < 4.78 is 5.39. The number of nitrogens with one attached hydrogen (secondary N) is 2. The van der Waals surface area contributed by atoms with E-state index in [1.807, 2.05) is 49.4 Å². The summed E-state index contributed by atoms with van der Waals surface area (Å²) in [5, 5.41) is 5.87. The first-order valence-corrected chi connectivity index (χ1v) is 8.21. The van der Waals surface area contributed by atoms with E-state index in [-0.39, 0.29) is 12.1 Å². The lowest BCUT2D eigenvalue weighted by atomic mass is 10.2. The summed E-state index contributed by atoms with van der Waals surface area (Å²) in [4.78, 5) is 18.7. The molecule has 0 radical (unpaired) electrons. The van der Waals surface area contributed by atoms with Crippen molar-refractivity contribution in [1.82, 2.24) is 10.3 Å². The molecule has 3 rings (SSSR count). The van der Waals surface area contributed by atoms with Crippen molar-refractivity contribution < 1.29 is 9.53 Å². The number of anilines is 2. The predicted octanol–water partition coefficient (Wildman–Crippen LogP) is 2.88. The SMILES string of the molecule is CCOc1ccc(NC(=O)N[C@@H]2CCN(c3ccccn3)C2)cc1. The summed E-state index contributed by atoms with van der Waals surface area (Å²) >= 11 is 0. The minimum atomic E-state index is -0.188. The van der Waals surface area contributed by atoms with Crippen LogP contribution in [0.15, 0.2) is 48.7 Å². The summed E-state index contributed by atoms with van der Waals surface area (Å²) in [6, 6.07) is 13.2. The third kappa shape index (κ3) is 4.16. The first kappa shape index (κ1) is 16.1. The molecule has 2 amide bonds. The van der Waals surface area contributed by atoms with Gasteiger partial charge in [-0.05, 0) is 49.7 Å². The second kappa shape index (κ2) is 7.68. The molecule has 2 N–H and O–H groups in total. The van der Waals surface area contributed by atoms with Crippen molar-refractivity contribution in [2.45, 2.75) is 19.4 Å². The minimum absolute atomic E-state index is 0.120. The van der Waals surface area contributed by atoms with Crippen LogP contribution < -0.4 is 20.3 Å². The number of nitrogens with zero attached hydrogens (tertiary/aromatic N) is 2. The number of hydrogen-bond acceptors (Lipinski definition) is 4. The molecule has 6 nitrogen and oxygen atoms in total. The Hall–Kier alpha value is -2.76. The molecule has 0 bridgehead atoms. The number of benzene rings is 1. The van der Waals surface area contributed by atoms with Gasteiger partial charge in [-0.1, -0.05) is 6.07 Å². The van der Waals surface area contributed by atoms with Gasteiger partial charge < -0.3 is 20.3 Å². The van der Waals surface area contributed by atoms with Crippen LogP contribution in [0.1, 0.15) is 13.3 Å². The monoisotopic (exact) mass is 326 g/mol. The quantitative estimate of drug-likeness (QED) is 0.887. The predicted molar refractivity (Wildman–Crippen MR) is 94.6 cm³/mol. The van der Waals surface area contributed by atoms with Crippen LogP contribution >= 0.6 is 0 Å². The number of carbonyl (C=O) groups is 1. The van der Waals surface area contributed by atoms with Crippen molar-refractivity contribution in [3.8, 4) is 5.75 Å². The lowest BCUT2D eigenvalue weighted by Crippen LogP contribution is -2.39. The van der Waals surface area contributed by atoms with Crippen LogP contribution in [0, 0.1) is 0 Å². The summed E-state index contributed by atoms with van der Waals surface area (Å²) in [6.45, 7) is 4.23. The maximum Gasteiger partial charge on any atom is 0.319 e. The molecule has 0 aliphatic carbocycles. The highest BCUT2D eigenvalue weighted by molar-refractivity contribution is 5.89. The van der Waals surface area contributed by atoms with Gasteiger partial charge in [0.25, 0.3) is 0 Å². The normalized spacial score (nSPS) is 16.7. The van der Waals surface area contributed by atoms with Gasteiger partial charge in [0.1, 0.15) is 11.6 Å². The highest BCUT2D eigenvalue weighted by atomic mass is 16.5. The molecule has 6 heteroatoms. The number of urea groups is 1. The van der Waals surface area contributed by atoms with Gasteiger partial charge >= 0.3 is 6.03 Å². The Bertz CT molecular complexity index is 660. The van der Waals surface area contributed by atoms with Crippen LogP contribution in [-0.2, 0) is 0 Å². The molecule has 0 unspecified atom stereocenters. The van der Waals surface area contributed by atoms with Crippen molar-refractivity contribution in [2.75, 3.05) is 29.9 Å². The maximum absolute atomic E-state index is 12.1. The lowest BCUT2D eigenvalue weighted by molar-refractivity contribution is 0.249. The Labute approximate surface area is 141 Å². The third-order valence-corrected chi connectivity index (χ3v) is 3.92. The fraction of sp³-hybridized carbons (Fsp3) is 0.333. The van der Waals surface area contributed by atoms with Gasteiger partial charge in [0, 0.05) is 31.0 Å². The largest absolute Gasteiger partial charge is 0.494 e. The molecule has 1 fully saturated rings. The molecule has 1 aromatic carbocycles. The molecular formula is C18H22N4O2. The van der Waals surface area contributed by atoms with Crippen molar-refractivity contribution in [3.05, 3.63) is 48.7 Å². The highest BCUT2D eigenvalue weighted by Gasteiger charge is 2.24. The van der Waals surface area contributed by atoms with Crippen LogP contribution in [0.25, 0.3) is 0 Å². The summed E-state index contributed by atoms with van der Waals surface area (Å²) in [5.74, 6) is 1.75. The highest BCUT2D eigenvalue weighted by Crippen LogP contribution is 2.18. The van der Waals surface area contributed by atoms with Crippen molar-refractivity contribution in [2.24, 2.45) is 0 Å². The molecule has 1 aliphatic heterocycles. The van der Waals surface area contributed by atoms with Gasteiger partial charge in [0.2, 0.25) is 0 Å². The molecule has 0 spiro atoms. The van der Waals surface area contributed by atoms with E-state index in [1.54, 1.807) is 6.20 Å². The van der Waals surface area contributed by atoms with Crippen molar-refractivity contribution in [3.63, 3.8) is 0 Å². The number of carbonyl (C=O) groups excluding carboxylic acids is 1. The number of amides is 2. The zero-order valence-electron chi connectivity index (χ0n) is 13.7. The van der Waals surface area contributed by atoms with Crippen LogP contribution in [0.5, 0.6) is 5.75 Å². The van der Waals surface area contributed by atoms with Gasteiger partial charge in [-0.2, -0.15) is 0 Å². The second-order valence-electron chi connectivity index (χ2n) is 5.68. The zero-order chi connectivity index (χ0) is 16.8. The molecule has 0 saturated carbocycles. The average molecular weight is 326 g/mol. The average Bonchev–Trinajstić information content (AvgIpc) is 3.06. The molecule has 24 heavy (non-hydrogen) atoms. The molecule has 1 saturated heterocycles. The Kier molecular flexibility index (Phi) is 5.15. The molecular weight excluding hydrogens is 304 g/mol. The van der Waals surface area contributed by atoms with Crippen LogP contribution in [0.2, 0.25) is 0 Å². The summed E-state index contributed by atoms with van der Waals surface area (Å²) in [6.07, 6.45) is 2.70. The number of ether oxygens (including phenoxy) is 1. The zero-order valence-corrected chi connectivity index (χ0v) is 13.7. The fourth-order valence-electron chi connectivity index (χ4n) is 2.78. The standard InChI is InChI=1S/C18H22N4O2/c1-2-24-16-8-6-14(7-9-16)20-18(23)21-15-10-12-22(13-15)17-5-3-4-11-19-17/h3-9,11,15H,2,10,12-13H2,1H3,(H2,20,21,23)/t15-/m1/s1. The van der Waals surface area contributed by atoms with Crippen LogP contribution in [0.4, 0.5) is 16.3 Å². The van der Waals surface area contributed by atoms with Gasteiger partial charge in [-0.25, -0.2) is 9.78 Å². The lowest BCUT2D eigenvalue weighted by Gasteiger charge is -2.18. The topological polar surface area (TPSA) is 66.5 Å². The minimum Gasteiger partial charge on any atom is -0.494 e. The summed E-state index contributed by atoms with van der Waals surface area (Å²) in [7, 11) is 0. The molecule has 1 aromatic heterocycles.